The number of ketones is 1. The van der Waals surface area contributed by atoms with E-state index in [0.29, 0.717) is 16.5 Å². The highest BCUT2D eigenvalue weighted by atomic mass is 35.5. The number of Topliss-reactive ketones (excluding diaryl/α,β-unsaturated/α-hetero) is 1. The van der Waals surface area contributed by atoms with Crippen LogP contribution in [0.1, 0.15) is 12.6 Å². The van der Waals surface area contributed by atoms with E-state index in [1.807, 2.05) is 12.1 Å². The van der Waals surface area contributed by atoms with Gasteiger partial charge in [0.05, 0.1) is 10.5 Å². The summed E-state index contributed by atoms with van der Waals surface area (Å²) in [4.78, 5) is 15.3. The zero-order chi connectivity index (χ0) is 11.7. The highest BCUT2D eigenvalue weighted by Crippen LogP contribution is 2.26. The normalized spacial score (nSPS) is 10.7. The van der Waals surface area contributed by atoms with E-state index < -0.39 is 0 Å². The molecule has 0 N–H and O–H groups in total. The second-order valence-corrected chi connectivity index (χ2v) is 4.48. The molecule has 0 amide bonds. The van der Waals surface area contributed by atoms with Crippen LogP contribution in [0.5, 0.6) is 0 Å². The Hall–Kier alpha value is -1.12. The number of carbonyl (C=O) groups is 1. The Balaban J connectivity index is 2.57. The summed E-state index contributed by atoms with van der Waals surface area (Å²) in [7, 11) is 0. The molecule has 4 heteroatoms. The van der Waals surface area contributed by atoms with E-state index in [2.05, 4.69) is 4.98 Å². The third-order valence-corrected chi connectivity index (χ3v) is 2.74. The standard InChI is InChI=1S/C12H9Cl2NO/c1-7(16)4-9-2-3-10-11(14)5-8(13)6-12(10)15-9/h2-3,5-6H,4H2,1H3. The van der Waals surface area contributed by atoms with E-state index in [1.165, 1.54) is 6.92 Å². The fourth-order valence-corrected chi connectivity index (χ4v) is 2.10. The molecule has 2 aromatic rings. The van der Waals surface area contributed by atoms with Crippen molar-refractivity contribution in [3.63, 3.8) is 0 Å². The van der Waals surface area contributed by atoms with Gasteiger partial charge in [-0.1, -0.05) is 23.2 Å². The third kappa shape index (κ3) is 2.34. The van der Waals surface area contributed by atoms with Gasteiger partial charge in [0, 0.05) is 22.5 Å². The number of nitrogens with zero attached hydrogens (tertiary/aromatic N) is 1. The van der Waals surface area contributed by atoms with Crippen molar-refractivity contribution in [2.75, 3.05) is 0 Å². The summed E-state index contributed by atoms with van der Waals surface area (Å²) >= 11 is 11.9. The van der Waals surface area contributed by atoms with Crippen LogP contribution in [0, 0.1) is 0 Å². The summed E-state index contributed by atoms with van der Waals surface area (Å²) in [6, 6.07) is 7.09. The smallest absolute Gasteiger partial charge is 0.135 e. The van der Waals surface area contributed by atoms with Crippen LogP contribution in [0.3, 0.4) is 0 Å². The number of hydrogen-bond donors (Lipinski definition) is 0. The minimum absolute atomic E-state index is 0.0833. The van der Waals surface area contributed by atoms with Crippen LogP contribution in [0.25, 0.3) is 10.9 Å². The molecule has 0 unspecified atom stereocenters. The molecular weight excluding hydrogens is 245 g/mol. The Morgan fingerprint density at radius 2 is 2.06 bits per heavy atom. The predicted molar refractivity (Wildman–Crippen MR) is 66.1 cm³/mol. The minimum atomic E-state index is 0.0833. The van der Waals surface area contributed by atoms with Crippen LogP contribution in [0.2, 0.25) is 10.0 Å². The topological polar surface area (TPSA) is 30.0 Å². The summed E-state index contributed by atoms with van der Waals surface area (Å²) < 4.78 is 0. The Kier molecular flexibility index (Phi) is 3.13. The highest BCUT2D eigenvalue weighted by molar-refractivity contribution is 6.38. The van der Waals surface area contributed by atoms with Gasteiger partial charge in [-0.2, -0.15) is 0 Å². The van der Waals surface area contributed by atoms with E-state index in [1.54, 1.807) is 12.1 Å². The molecule has 0 radical (unpaired) electrons. The summed E-state index contributed by atoms with van der Waals surface area (Å²) in [5.74, 6) is 0.0833. The maximum absolute atomic E-state index is 11.0. The van der Waals surface area contributed by atoms with Crippen LogP contribution in [0.15, 0.2) is 24.3 Å². The van der Waals surface area contributed by atoms with Gasteiger partial charge < -0.3 is 0 Å². The van der Waals surface area contributed by atoms with Crippen LogP contribution in [-0.4, -0.2) is 10.8 Å². The Morgan fingerprint density at radius 3 is 2.75 bits per heavy atom. The zero-order valence-corrected chi connectivity index (χ0v) is 10.1. The van der Waals surface area contributed by atoms with Gasteiger partial charge in [-0.05, 0) is 31.2 Å². The maximum atomic E-state index is 11.0. The fourth-order valence-electron chi connectivity index (χ4n) is 1.55. The van der Waals surface area contributed by atoms with Crippen molar-refractivity contribution in [1.82, 2.24) is 4.98 Å². The van der Waals surface area contributed by atoms with Gasteiger partial charge in [0.15, 0.2) is 0 Å². The lowest BCUT2D eigenvalue weighted by Gasteiger charge is -2.03. The van der Waals surface area contributed by atoms with Gasteiger partial charge >= 0.3 is 0 Å². The highest BCUT2D eigenvalue weighted by Gasteiger charge is 2.05. The molecule has 1 heterocycles. The summed E-state index contributed by atoms with van der Waals surface area (Å²) in [6.45, 7) is 1.54. The van der Waals surface area contributed by atoms with E-state index >= 15 is 0 Å². The van der Waals surface area contributed by atoms with Gasteiger partial charge in [-0.3, -0.25) is 9.78 Å². The average Bonchev–Trinajstić information content (AvgIpc) is 2.15. The molecule has 0 atom stereocenters. The molecule has 16 heavy (non-hydrogen) atoms. The molecule has 1 aromatic carbocycles. The molecule has 2 nitrogen and oxygen atoms in total. The number of hydrogen-bond acceptors (Lipinski definition) is 2. The van der Waals surface area contributed by atoms with Crippen molar-refractivity contribution < 1.29 is 4.79 Å². The number of benzene rings is 1. The molecule has 0 fully saturated rings. The maximum Gasteiger partial charge on any atom is 0.135 e. The van der Waals surface area contributed by atoms with Crippen molar-refractivity contribution in [3.05, 3.63) is 40.0 Å². The third-order valence-electron chi connectivity index (χ3n) is 2.21. The summed E-state index contributed by atoms with van der Waals surface area (Å²) in [5.41, 5.74) is 1.45. The van der Waals surface area contributed by atoms with Crippen LogP contribution < -0.4 is 0 Å². The fraction of sp³-hybridized carbons (Fsp3) is 0.167. The van der Waals surface area contributed by atoms with Crippen LogP contribution in [-0.2, 0) is 11.2 Å². The largest absolute Gasteiger partial charge is 0.300 e. The Labute approximate surface area is 103 Å². The Bertz CT molecular complexity index is 566. The lowest BCUT2D eigenvalue weighted by Crippen LogP contribution is -1.99. The lowest BCUT2D eigenvalue weighted by atomic mass is 10.1. The number of fused-ring (bicyclic) bond motifs is 1. The molecule has 82 valence electrons. The second kappa shape index (κ2) is 4.40. The average molecular weight is 254 g/mol. The van der Waals surface area contributed by atoms with Gasteiger partial charge in [0.1, 0.15) is 5.78 Å². The number of rotatable bonds is 2. The molecular formula is C12H9Cl2NO. The van der Waals surface area contributed by atoms with E-state index in [-0.39, 0.29) is 5.78 Å². The molecule has 0 saturated heterocycles. The zero-order valence-electron chi connectivity index (χ0n) is 8.63. The SMILES string of the molecule is CC(=O)Cc1ccc2c(Cl)cc(Cl)cc2n1. The molecule has 0 aliphatic rings. The first-order chi connectivity index (χ1) is 7.56. The van der Waals surface area contributed by atoms with E-state index in [4.69, 9.17) is 23.2 Å². The first-order valence-electron chi connectivity index (χ1n) is 4.80. The first kappa shape index (κ1) is 11.4. The van der Waals surface area contributed by atoms with E-state index in [9.17, 15) is 4.79 Å². The van der Waals surface area contributed by atoms with Gasteiger partial charge in [-0.25, -0.2) is 0 Å². The van der Waals surface area contributed by atoms with Crippen LogP contribution >= 0.6 is 23.2 Å². The molecule has 0 bridgehead atoms. The van der Waals surface area contributed by atoms with Gasteiger partial charge in [0.25, 0.3) is 0 Å². The van der Waals surface area contributed by atoms with Crippen molar-refractivity contribution in [2.24, 2.45) is 0 Å². The summed E-state index contributed by atoms with van der Waals surface area (Å²) in [5, 5.41) is 1.97. The number of aromatic nitrogens is 1. The van der Waals surface area contributed by atoms with Gasteiger partial charge in [-0.15, -0.1) is 0 Å². The minimum Gasteiger partial charge on any atom is -0.300 e. The van der Waals surface area contributed by atoms with Crippen molar-refractivity contribution in [2.45, 2.75) is 13.3 Å². The molecule has 2 rings (SSSR count). The van der Waals surface area contributed by atoms with Crippen molar-refractivity contribution in [1.29, 1.82) is 0 Å². The first-order valence-corrected chi connectivity index (χ1v) is 5.56. The molecule has 0 aliphatic carbocycles. The molecule has 0 spiro atoms. The quantitative estimate of drug-likeness (QED) is 0.818. The number of carbonyl (C=O) groups excluding carboxylic acids is 1. The number of pyridine rings is 1. The molecule has 0 saturated carbocycles. The monoisotopic (exact) mass is 253 g/mol. The van der Waals surface area contributed by atoms with Gasteiger partial charge in [0.2, 0.25) is 0 Å². The molecule has 0 aliphatic heterocycles. The van der Waals surface area contributed by atoms with Crippen molar-refractivity contribution in [3.8, 4) is 0 Å². The summed E-state index contributed by atoms with van der Waals surface area (Å²) in [6.07, 6.45) is 0.333. The Morgan fingerprint density at radius 1 is 1.31 bits per heavy atom. The van der Waals surface area contributed by atoms with Crippen LogP contribution in [0.4, 0.5) is 0 Å². The lowest BCUT2D eigenvalue weighted by molar-refractivity contribution is -0.116. The van der Waals surface area contributed by atoms with E-state index in [0.717, 1.165) is 16.6 Å². The molecule has 1 aromatic heterocycles. The number of halogens is 2. The van der Waals surface area contributed by atoms with Crippen molar-refractivity contribution >= 4 is 39.9 Å². The predicted octanol–water partition coefficient (Wildman–Crippen LogP) is 3.67. The second-order valence-electron chi connectivity index (χ2n) is 3.64.